The van der Waals surface area contributed by atoms with Gasteiger partial charge in [-0.25, -0.2) is 0 Å². The number of phenolic OH excluding ortho intramolecular Hbond substituents is 1. The van der Waals surface area contributed by atoms with E-state index in [4.69, 9.17) is 18.9 Å². The maximum Gasteiger partial charge on any atom is 0.316 e. The molecule has 0 saturated heterocycles. The standard InChI is InChI=1S/C21H28O6/c1-12(2)11-26-13-8-9-14-15(10-13)16(22)18(24-6)19(25-7)17(14)27-20(23)21(3,4)5/h8-10,12,22H,11H2,1-7H3. The van der Waals surface area contributed by atoms with Gasteiger partial charge >= 0.3 is 5.97 Å². The van der Waals surface area contributed by atoms with Crippen LogP contribution >= 0.6 is 0 Å². The van der Waals surface area contributed by atoms with E-state index in [1.807, 2.05) is 0 Å². The van der Waals surface area contributed by atoms with E-state index in [1.54, 1.807) is 39.0 Å². The quantitative estimate of drug-likeness (QED) is 0.589. The Bertz CT molecular complexity index is 833. The summed E-state index contributed by atoms with van der Waals surface area (Å²) in [6.45, 7) is 9.94. The third-order valence-electron chi connectivity index (χ3n) is 3.92. The molecule has 1 N–H and O–H groups in total. The Morgan fingerprint density at radius 1 is 1.04 bits per heavy atom. The molecule has 0 bridgehead atoms. The number of carbonyl (C=O) groups excluding carboxylic acids is 1. The first-order chi connectivity index (χ1) is 12.6. The van der Waals surface area contributed by atoms with Gasteiger partial charge in [0.1, 0.15) is 5.75 Å². The van der Waals surface area contributed by atoms with Crippen LogP contribution < -0.4 is 18.9 Å². The molecule has 0 atom stereocenters. The van der Waals surface area contributed by atoms with Crippen molar-refractivity contribution in [2.24, 2.45) is 11.3 Å². The number of carbonyl (C=O) groups is 1. The van der Waals surface area contributed by atoms with Gasteiger partial charge in [0.15, 0.2) is 11.5 Å². The second-order valence-corrected chi connectivity index (χ2v) is 7.80. The summed E-state index contributed by atoms with van der Waals surface area (Å²) in [5.41, 5.74) is -0.706. The zero-order valence-electron chi connectivity index (χ0n) is 17.0. The number of fused-ring (bicyclic) bond motifs is 1. The number of hydrogen-bond donors (Lipinski definition) is 1. The van der Waals surface area contributed by atoms with Crippen molar-refractivity contribution in [2.45, 2.75) is 34.6 Å². The Kier molecular flexibility index (Phi) is 6.08. The minimum atomic E-state index is -0.706. The van der Waals surface area contributed by atoms with Crippen LogP contribution in [-0.4, -0.2) is 31.9 Å². The van der Waals surface area contributed by atoms with Crippen molar-refractivity contribution in [3.8, 4) is 28.7 Å². The smallest absolute Gasteiger partial charge is 0.316 e. The third-order valence-corrected chi connectivity index (χ3v) is 3.92. The van der Waals surface area contributed by atoms with E-state index < -0.39 is 11.4 Å². The highest BCUT2D eigenvalue weighted by molar-refractivity contribution is 6.00. The Morgan fingerprint density at radius 2 is 1.67 bits per heavy atom. The summed E-state index contributed by atoms with van der Waals surface area (Å²) in [4.78, 5) is 12.5. The Hall–Kier alpha value is -2.63. The molecule has 0 spiro atoms. The van der Waals surface area contributed by atoms with Gasteiger partial charge in [-0.3, -0.25) is 4.79 Å². The first-order valence-electron chi connectivity index (χ1n) is 8.85. The van der Waals surface area contributed by atoms with Gasteiger partial charge in [0.2, 0.25) is 11.5 Å². The number of esters is 1. The normalized spacial score (nSPS) is 11.6. The first kappa shape index (κ1) is 20.7. The fourth-order valence-electron chi connectivity index (χ4n) is 2.45. The highest BCUT2D eigenvalue weighted by Crippen LogP contribution is 2.51. The lowest BCUT2D eigenvalue weighted by atomic mass is 9.97. The van der Waals surface area contributed by atoms with Crippen molar-refractivity contribution < 1.29 is 28.8 Å². The highest BCUT2D eigenvalue weighted by atomic mass is 16.6. The van der Waals surface area contributed by atoms with E-state index in [2.05, 4.69) is 13.8 Å². The van der Waals surface area contributed by atoms with Crippen molar-refractivity contribution >= 4 is 16.7 Å². The van der Waals surface area contributed by atoms with Gasteiger partial charge in [0, 0.05) is 10.8 Å². The molecule has 2 rings (SSSR count). The van der Waals surface area contributed by atoms with Crippen molar-refractivity contribution in [3.63, 3.8) is 0 Å². The minimum Gasteiger partial charge on any atom is -0.504 e. The molecular formula is C21H28O6. The lowest BCUT2D eigenvalue weighted by molar-refractivity contribution is -0.143. The number of hydrogen-bond acceptors (Lipinski definition) is 6. The molecular weight excluding hydrogens is 348 g/mol. The van der Waals surface area contributed by atoms with Gasteiger partial charge in [0.05, 0.1) is 26.2 Å². The summed E-state index contributed by atoms with van der Waals surface area (Å²) in [7, 11) is 2.84. The van der Waals surface area contributed by atoms with Crippen LogP contribution in [0.25, 0.3) is 10.8 Å². The maximum absolute atomic E-state index is 12.5. The molecule has 0 amide bonds. The Balaban J connectivity index is 2.67. The fraction of sp³-hybridized carbons (Fsp3) is 0.476. The number of aromatic hydroxyl groups is 1. The summed E-state index contributed by atoms with van der Waals surface area (Å²) in [6.07, 6.45) is 0. The molecule has 0 saturated carbocycles. The van der Waals surface area contributed by atoms with E-state index in [9.17, 15) is 9.90 Å². The van der Waals surface area contributed by atoms with E-state index in [0.29, 0.717) is 29.0 Å². The summed E-state index contributed by atoms with van der Waals surface area (Å²) >= 11 is 0. The molecule has 0 radical (unpaired) electrons. The van der Waals surface area contributed by atoms with Crippen LogP contribution in [-0.2, 0) is 4.79 Å². The average molecular weight is 376 g/mol. The van der Waals surface area contributed by atoms with Crippen LogP contribution in [0.15, 0.2) is 18.2 Å². The predicted molar refractivity (Wildman–Crippen MR) is 104 cm³/mol. The molecule has 148 valence electrons. The van der Waals surface area contributed by atoms with Gasteiger partial charge in [-0.2, -0.15) is 0 Å². The molecule has 2 aromatic carbocycles. The lowest BCUT2D eigenvalue weighted by Crippen LogP contribution is -2.25. The van der Waals surface area contributed by atoms with Gasteiger partial charge in [-0.1, -0.05) is 13.8 Å². The summed E-state index contributed by atoms with van der Waals surface area (Å²) in [5.74, 6) is 0.913. The molecule has 0 aliphatic heterocycles. The summed E-state index contributed by atoms with van der Waals surface area (Å²) < 4.78 is 22.1. The van der Waals surface area contributed by atoms with E-state index in [0.717, 1.165) is 0 Å². The second-order valence-electron chi connectivity index (χ2n) is 7.80. The third kappa shape index (κ3) is 4.38. The molecule has 6 heteroatoms. The monoisotopic (exact) mass is 376 g/mol. The summed E-state index contributed by atoms with van der Waals surface area (Å²) in [5, 5.41) is 11.7. The molecule has 0 aromatic heterocycles. The van der Waals surface area contributed by atoms with Crippen LogP contribution in [0.3, 0.4) is 0 Å². The van der Waals surface area contributed by atoms with Crippen molar-refractivity contribution in [2.75, 3.05) is 20.8 Å². The van der Waals surface area contributed by atoms with Gasteiger partial charge in [0.25, 0.3) is 0 Å². The molecule has 6 nitrogen and oxygen atoms in total. The van der Waals surface area contributed by atoms with Crippen LogP contribution in [0.1, 0.15) is 34.6 Å². The largest absolute Gasteiger partial charge is 0.504 e. The zero-order chi connectivity index (χ0) is 20.4. The van der Waals surface area contributed by atoms with Gasteiger partial charge in [-0.15, -0.1) is 0 Å². The fourth-order valence-corrected chi connectivity index (χ4v) is 2.45. The Labute approximate surface area is 160 Å². The van der Waals surface area contributed by atoms with Crippen LogP contribution in [0.2, 0.25) is 0 Å². The molecule has 2 aromatic rings. The van der Waals surface area contributed by atoms with Crippen molar-refractivity contribution in [1.82, 2.24) is 0 Å². The molecule has 27 heavy (non-hydrogen) atoms. The molecule has 0 aliphatic carbocycles. The Morgan fingerprint density at radius 3 is 2.19 bits per heavy atom. The second kappa shape index (κ2) is 7.94. The molecule has 0 unspecified atom stereocenters. The van der Waals surface area contributed by atoms with Crippen LogP contribution in [0.5, 0.6) is 28.7 Å². The maximum atomic E-state index is 12.5. The van der Waals surface area contributed by atoms with E-state index >= 15 is 0 Å². The predicted octanol–water partition coefficient (Wildman–Crippen LogP) is 4.55. The van der Waals surface area contributed by atoms with Crippen LogP contribution in [0.4, 0.5) is 0 Å². The molecule has 0 heterocycles. The number of benzene rings is 2. The number of ether oxygens (including phenoxy) is 4. The summed E-state index contributed by atoms with van der Waals surface area (Å²) in [6, 6.07) is 5.20. The first-order valence-corrected chi connectivity index (χ1v) is 8.85. The average Bonchev–Trinajstić information content (AvgIpc) is 2.60. The zero-order valence-corrected chi connectivity index (χ0v) is 17.0. The minimum absolute atomic E-state index is 0.0997. The topological polar surface area (TPSA) is 74.2 Å². The van der Waals surface area contributed by atoms with Crippen molar-refractivity contribution in [3.05, 3.63) is 18.2 Å². The van der Waals surface area contributed by atoms with Gasteiger partial charge < -0.3 is 24.1 Å². The SMILES string of the molecule is COc1c(OC)c(OC(=O)C(C)(C)C)c2ccc(OCC(C)C)cc2c1O. The number of phenols is 1. The molecule has 0 fully saturated rings. The molecule has 0 aliphatic rings. The van der Waals surface area contributed by atoms with E-state index in [1.165, 1.54) is 14.2 Å². The van der Waals surface area contributed by atoms with Gasteiger partial charge in [-0.05, 0) is 44.9 Å². The number of rotatable bonds is 6. The van der Waals surface area contributed by atoms with E-state index in [-0.39, 0.29) is 23.0 Å². The van der Waals surface area contributed by atoms with Crippen LogP contribution in [0, 0.1) is 11.3 Å². The lowest BCUT2D eigenvalue weighted by Gasteiger charge is -2.21. The van der Waals surface area contributed by atoms with Crippen molar-refractivity contribution in [1.29, 1.82) is 0 Å². The number of methoxy groups -OCH3 is 2. The highest BCUT2D eigenvalue weighted by Gasteiger charge is 2.29.